The second kappa shape index (κ2) is 8.92. The van der Waals surface area contributed by atoms with Gasteiger partial charge in [0, 0.05) is 23.2 Å². The van der Waals surface area contributed by atoms with Gasteiger partial charge < -0.3 is 10.1 Å². The highest BCUT2D eigenvalue weighted by Gasteiger charge is 2.10. The Morgan fingerprint density at radius 3 is 2.75 bits per heavy atom. The molecule has 0 aliphatic carbocycles. The van der Waals surface area contributed by atoms with E-state index < -0.39 is 10.9 Å². The fourth-order valence-electron chi connectivity index (χ4n) is 2.34. The minimum Gasteiger partial charge on any atom is -0.456 e. The molecule has 0 radical (unpaired) electrons. The Morgan fingerprint density at radius 2 is 2.00 bits per heavy atom. The summed E-state index contributed by atoms with van der Waals surface area (Å²) in [5.74, 6) is -0.598. The number of carbonyl (C=O) groups is 1. The number of aryl methyl sites for hydroxylation is 1. The number of esters is 1. The number of para-hydroxylation sites is 1. The Labute approximate surface area is 165 Å². The highest BCUT2D eigenvalue weighted by Crippen LogP contribution is 2.22. The van der Waals surface area contributed by atoms with Crippen molar-refractivity contribution in [2.75, 3.05) is 5.32 Å². The zero-order valence-electron chi connectivity index (χ0n) is 15.0. The van der Waals surface area contributed by atoms with Gasteiger partial charge in [0.15, 0.2) is 5.13 Å². The molecule has 0 aliphatic rings. The van der Waals surface area contributed by atoms with Gasteiger partial charge in [0.05, 0.1) is 16.2 Å². The molecule has 0 fully saturated rings. The SMILES string of the molecule is Cc1ccc(Nc2nc(COC(=O)/C=C/c3ccccc3[N+](=O)[O-])cs2)cc1. The number of hydrogen-bond acceptors (Lipinski definition) is 7. The summed E-state index contributed by atoms with van der Waals surface area (Å²) in [5, 5.41) is 16.7. The maximum atomic E-state index is 11.9. The Morgan fingerprint density at radius 1 is 1.25 bits per heavy atom. The average Bonchev–Trinajstić information content (AvgIpc) is 3.14. The van der Waals surface area contributed by atoms with Crippen molar-refractivity contribution >= 4 is 39.9 Å². The van der Waals surface area contributed by atoms with Crippen LogP contribution in [0.15, 0.2) is 60.0 Å². The van der Waals surface area contributed by atoms with Crippen molar-refractivity contribution in [1.82, 2.24) is 4.98 Å². The number of carbonyl (C=O) groups excluding carboxylic acids is 1. The molecule has 3 aromatic rings. The molecule has 0 atom stereocenters. The highest BCUT2D eigenvalue weighted by atomic mass is 32.1. The van der Waals surface area contributed by atoms with Gasteiger partial charge in [-0.05, 0) is 31.2 Å². The first-order valence-corrected chi connectivity index (χ1v) is 9.25. The standard InChI is InChI=1S/C20H17N3O4S/c1-14-6-9-16(10-7-14)21-20-22-17(13-28-20)12-27-19(24)11-8-15-4-2-3-5-18(15)23(25)26/h2-11,13H,12H2,1H3,(H,21,22)/b11-8+. The molecule has 0 saturated heterocycles. The summed E-state index contributed by atoms with van der Waals surface area (Å²) in [5.41, 5.74) is 2.98. The van der Waals surface area contributed by atoms with Crippen molar-refractivity contribution in [2.45, 2.75) is 13.5 Å². The molecule has 7 nitrogen and oxygen atoms in total. The number of benzene rings is 2. The van der Waals surface area contributed by atoms with Gasteiger partial charge in [0.25, 0.3) is 5.69 Å². The number of rotatable bonds is 7. The fourth-order valence-corrected chi connectivity index (χ4v) is 3.05. The van der Waals surface area contributed by atoms with Gasteiger partial charge in [0.2, 0.25) is 0 Å². The molecule has 2 aromatic carbocycles. The van der Waals surface area contributed by atoms with Crippen molar-refractivity contribution in [3.63, 3.8) is 0 Å². The van der Waals surface area contributed by atoms with E-state index >= 15 is 0 Å². The van der Waals surface area contributed by atoms with E-state index in [2.05, 4.69) is 10.3 Å². The lowest BCUT2D eigenvalue weighted by atomic mass is 10.1. The van der Waals surface area contributed by atoms with Crippen LogP contribution in [0.1, 0.15) is 16.8 Å². The molecule has 1 N–H and O–H groups in total. The topological polar surface area (TPSA) is 94.4 Å². The van der Waals surface area contributed by atoms with E-state index in [1.165, 1.54) is 35.1 Å². The normalized spacial score (nSPS) is 10.8. The third-order valence-corrected chi connectivity index (χ3v) is 4.56. The van der Waals surface area contributed by atoms with Crippen LogP contribution >= 0.6 is 11.3 Å². The van der Waals surface area contributed by atoms with Crippen molar-refractivity contribution in [3.05, 3.63) is 86.9 Å². The van der Waals surface area contributed by atoms with Crippen LogP contribution in [-0.4, -0.2) is 15.9 Å². The summed E-state index contributed by atoms with van der Waals surface area (Å²) in [7, 11) is 0. The number of nitro benzene ring substituents is 1. The zero-order valence-corrected chi connectivity index (χ0v) is 15.8. The molecule has 0 saturated carbocycles. The number of hydrogen-bond donors (Lipinski definition) is 1. The fraction of sp³-hybridized carbons (Fsp3) is 0.100. The number of anilines is 2. The van der Waals surface area contributed by atoms with E-state index in [4.69, 9.17) is 4.74 Å². The Bertz CT molecular complexity index is 1010. The Balaban J connectivity index is 1.54. The third-order valence-electron chi connectivity index (χ3n) is 3.75. The molecule has 0 bridgehead atoms. The first kappa shape index (κ1) is 19.2. The molecule has 1 heterocycles. The maximum absolute atomic E-state index is 11.9. The van der Waals surface area contributed by atoms with Crippen LogP contribution in [0.25, 0.3) is 6.08 Å². The molecule has 8 heteroatoms. The van der Waals surface area contributed by atoms with Crippen LogP contribution in [-0.2, 0) is 16.1 Å². The third kappa shape index (κ3) is 5.24. The first-order valence-electron chi connectivity index (χ1n) is 8.37. The van der Waals surface area contributed by atoms with Gasteiger partial charge in [-0.25, -0.2) is 9.78 Å². The minimum absolute atomic E-state index is 0.0200. The predicted molar refractivity (Wildman–Crippen MR) is 109 cm³/mol. The second-order valence-electron chi connectivity index (χ2n) is 5.89. The van der Waals surface area contributed by atoms with E-state index in [1.807, 2.05) is 31.2 Å². The lowest BCUT2D eigenvalue weighted by Crippen LogP contribution is -2.01. The van der Waals surface area contributed by atoms with Gasteiger partial charge in [-0.3, -0.25) is 10.1 Å². The molecule has 0 unspecified atom stereocenters. The summed E-state index contributed by atoms with van der Waals surface area (Å²) < 4.78 is 5.15. The number of nitro groups is 1. The summed E-state index contributed by atoms with van der Waals surface area (Å²) in [6.07, 6.45) is 2.53. The Hall–Kier alpha value is -3.52. The van der Waals surface area contributed by atoms with E-state index in [1.54, 1.807) is 23.6 Å². The van der Waals surface area contributed by atoms with Gasteiger partial charge in [-0.1, -0.05) is 29.8 Å². The smallest absolute Gasteiger partial charge is 0.331 e. The molecule has 1 aromatic heterocycles. The number of nitrogens with one attached hydrogen (secondary N) is 1. The Kier molecular flexibility index (Phi) is 6.13. The zero-order chi connectivity index (χ0) is 19.9. The number of aromatic nitrogens is 1. The van der Waals surface area contributed by atoms with Crippen LogP contribution in [0.4, 0.5) is 16.5 Å². The maximum Gasteiger partial charge on any atom is 0.331 e. The molecule has 28 heavy (non-hydrogen) atoms. The molecule has 0 amide bonds. The van der Waals surface area contributed by atoms with Gasteiger partial charge in [-0.2, -0.15) is 0 Å². The average molecular weight is 395 g/mol. The monoisotopic (exact) mass is 395 g/mol. The second-order valence-corrected chi connectivity index (χ2v) is 6.75. The lowest BCUT2D eigenvalue weighted by molar-refractivity contribution is -0.385. The van der Waals surface area contributed by atoms with E-state index in [0.29, 0.717) is 16.4 Å². The van der Waals surface area contributed by atoms with Crippen LogP contribution in [0, 0.1) is 17.0 Å². The van der Waals surface area contributed by atoms with E-state index in [0.717, 1.165) is 5.69 Å². The van der Waals surface area contributed by atoms with Gasteiger partial charge in [-0.15, -0.1) is 11.3 Å². The molecule has 3 rings (SSSR count). The number of ether oxygens (including phenoxy) is 1. The number of thiazole rings is 1. The van der Waals surface area contributed by atoms with Crippen molar-refractivity contribution in [2.24, 2.45) is 0 Å². The predicted octanol–water partition coefficient (Wildman–Crippen LogP) is 4.86. The van der Waals surface area contributed by atoms with Gasteiger partial charge >= 0.3 is 5.97 Å². The van der Waals surface area contributed by atoms with Crippen LogP contribution in [0.5, 0.6) is 0 Å². The molecule has 0 aliphatic heterocycles. The molecule has 142 valence electrons. The van der Waals surface area contributed by atoms with Gasteiger partial charge in [0.1, 0.15) is 6.61 Å². The quantitative estimate of drug-likeness (QED) is 0.266. The van der Waals surface area contributed by atoms with Crippen LogP contribution < -0.4 is 5.32 Å². The summed E-state index contributed by atoms with van der Waals surface area (Å²) >= 11 is 1.41. The number of nitrogens with zero attached hydrogens (tertiary/aromatic N) is 2. The lowest BCUT2D eigenvalue weighted by Gasteiger charge is -2.02. The largest absolute Gasteiger partial charge is 0.456 e. The summed E-state index contributed by atoms with van der Waals surface area (Å²) in [6, 6.07) is 14.1. The molecular weight excluding hydrogens is 378 g/mol. The van der Waals surface area contributed by atoms with Crippen molar-refractivity contribution in [3.8, 4) is 0 Å². The van der Waals surface area contributed by atoms with Crippen LogP contribution in [0.3, 0.4) is 0 Å². The van der Waals surface area contributed by atoms with Crippen molar-refractivity contribution < 1.29 is 14.5 Å². The highest BCUT2D eigenvalue weighted by molar-refractivity contribution is 7.13. The summed E-state index contributed by atoms with van der Waals surface area (Å²) in [6.45, 7) is 2.04. The van der Waals surface area contributed by atoms with Crippen LogP contribution in [0.2, 0.25) is 0 Å². The summed E-state index contributed by atoms with van der Waals surface area (Å²) in [4.78, 5) is 26.7. The molecule has 0 spiro atoms. The first-order chi connectivity index (χ1) is 13.5. The van der Waals surface area contributed by atoms with E-state index in [9.17, 15) is 14.9 Å². The van der Waals surface area contributed by atoms with E-state index in [-0.39, 0.29) is 12.3 Å². The molecular formula is C20H17N3O4S. The minimum atomic E-state index is -0.598. The van der Waals surface area contributed by atoms with Crippen molar-refractivity contribution in [1.29, 1.82) is 0 Å².